The van der Waals surface area contributed by atoms with Gasteiger partial charge in [-0.3, -0.25) is 0 Å². The van der Waals surface area contributed by atoms with Crippen LogP contribution in [0.4, 0.5) is 0 Å². The summed E-state index contributed by atoms with van der Waals surface area (Å²) in [6.07, 6.45) is 0.636. The zero-order valence-corrected chi connectivity index (χ0v) is 12.7. The van der Waals surface area contributed by atoms with Crippen LogP contribution in [0.3, 0.4) is 0 Å². The van der Waals surface area contributed by atoms with Gasteiger partial charge < -0.3 is 9.15 Å². The lowest BCUT2D eigenvalue weighted by atomic mass is 10.1. The average molecular weight is 294 g/mol. The van der Waals surface area contributed by atoms with Crippen LogP contribution in [0.15, 0.2) is 52.9 Å². The normalized spacial score (nSPS) is 10.6. The molecule has 0 radical (unpaired) electrons. The molecule has 0 aliphatic heterocycles. The van der Waals surface area contributed by atoms with Crippen molar-refractivity contribution in [2.24, 2.45) is 0 Å². The fourth-order valence-corrected chi connectivity index (χ4v) is 2.21. The highest BCUT2D eigenvalue weighted by molar-refractivity contribution is 5.38. The first-order valence-corrected chi connectivity index (χ1v) is 7.26. The molecule has 0 N–H and O–H groups in total. The third-order valence-corrected chi connectivity index (χ3v) is 3.61. The summed E-state index contributed by atoms with van der Waals surface area (Å²) in [7, 11) is 0. The fourth-order valence-electron chi connectivity index (χ4n) is 2.21. The van der Waals surface area contributed by atoms with Crippen LogP contribution in [0.1, 0.15) is 28.5 Å². The largest absolute Gasteiger partial charge is 0.484 e. The van der Waals surface area contributed by atoms with Crippen molar-refractivity contribution in [3.8, 4) is 5.75 Å². The van der Waals surface area contributed by atoms with Crippen LogP contribution in [0, 0.1) is 13.8 Å². The van der Waals surface area contributed by atoms with Gasteiger partial charge >= 0.3 is 0 Å². The van der Waals surface area contributed by atoms with Crippen molar-refractivity contribution in [2.45, 2.75) is 26.9 Å². The van der Waals surface area contributed by atoms with E-state index in [4.69, 9.17) is 9.15 Å². The zero-order valence-electron chi connectivity index (χ0n) is 12.7. The summed E-state index contributed by atoms with van der Waals surface area (Å²) in [6, 6.07) is 16.0. The van der Waals surface area contributed by atoms with E-state index in [1.54, 1.807) is 0 Å². The van der Waals surface area contributed by atoms with Crippen LogP contribution < -0.4 is 4.74 Å². The molecule has 112 valence electrons. The number of ether oxygens (including phenoxy) is 1. The maximum Gasteiger partial charge on any atom is 0.253 e. The minimum absolute atomic E-state index is 0.284. The van der Waals surface area contributed by atoms with Crippen molar-refractivity contribution in [3.05, 3.63) is 77.0 Å². The first-order valence-electron chi connectivity index (χ1n) is 7.26. The highest BCUT2D eigenvalue weighted by Gasteiger charge is 2.09. The number of benzene rings is 2. The molecule has 0 aliphatic rings. The Labute approximate surface area is 129 Å². The van der Waals surface area contributed by atoms with Crippen LogP contribution in [0.5, 0.6) is 5.75 Å². The first kappa shape index (κ1) is 14.3. The van der Waals surface area contributed by atoms with E-state index in [0.717, 1.165) is 16.9 Å². The predicted molar refractivity (Wildman–Crippen MR) is 83.8 cm³/mol. The monoisotopic (exact) mass is 294 g/mol. The van der Waals surface area contributed by atoms with Crippen molar-refractivity contribution in [3.63, 3.8) is 0 Å². The molecular weight excluding hydrogens is 276 g/mol. The Morgan fingerprint density at radius 2 is 1.68 bits per heavy atom. The number of aryl methyl sites for hydroxylation is 1. The zero-order chi connectivity index (χ0) is 15.4. The molecular formula is C18H18N2O2. The molecule has 4 heteroatoms. The molecule has 0 amide bonds. The van der Waals surface area contributed by atoms with Gasteiger partial charge in [0.1, 0.15) is 5.75 Å². The Bertz CT molecular complexity index is 751. The van der Waals surface area contributed by atoms with Gasteiger partial charge in [-0.1, -0.05) is 42.5 Å². The van der Waals surface area contributed by atoms with E-state index in [9.17, 15) is 0 Å². The van der Waals surface area contributed by atoms with Crippen LogP contribution in [0.2, 0.25) is 0 Å². The van der Waals surface area contributed by atoms with Crippen molar-refractivity contribution in [1.29, 1.82) is 0 Å². The summed E-state index contributed by atoms with van der Waals surface area (Å²) in [5.41, 5.74) is 3.48. The molecule has 0 fully saturated rings. The van der Waals surface area contributed by atoms with Gasteiger partial charge in [0.05, 0.1) is 6.42 Å². The maximum atomic E-state index is 5.77. The third kappa shape index (κ3) is 3.34. The second-order valence-electron chi connectivity index (χ2n) is 5.24. The van der Waals surface area contributed by atoms with Gasteiger partial charge in [-0.2, -0.15) is 0 Å². The van der Waals surface area contributed by atoms with E-state index in [1.807, 2.05) is 49.4 Å². The van der Waals surface area contributed by atoms with E-state index in [2.05, 4.69) is 23.2 Å². The second kappa shape index (κ2) is 6.43. The molecule has 22 heavy (non-hydrogen) atoms. The number of nitrogens with zero attached hydrogens (tertiary/aromatic N) is 2. The van der Waals surface area contributed by atoms with Gasteiger partial charge in [-0.25, -0.2) is 0 Å². The lowest BCUT2D eigenvalue weighted by molar-refractivity contribution is 0.258. The summed E-state index contributed by atoms with van der Waals surface area (Å²) < 4.78 is 11.4. The molecule has 2 aromatic carbocycles. The van der Waals surface area contributed by atoms with Gasteiger partial charge in [0.2, 0.25) is 5.89 Å². The van der Waals surface area contributed by atoms with Crippen LogP contribution >= 0.6 is 0 Å². The number of rotatable bonds is 5. The van der Waals surface area contributed by atoms with Crippen molar-refractivity contribution >= 4 is 0 Å². The van der Waals surface area contributed by atoms with E-state index in [-0.39, 0.29) is 6.61 Å². The molecule has 3 aromatic rings. The van der Waals surface area contributed by atoms with Crippen LogP contribution in [-0.4, -0.2) is 10.2 Å². The standard InChI is InChI=1S/C18H18N2O2/c1-13-7-6-10-16(14(13)2)21-12-18-20-19-17(22-18)11-15-8-4-3-5-9-15/h3-10H,11-12H2,1-2H3. The Morgan fingerprint density at radius 3 is 2.50 bits per heavy atom. The van der Waals surface area contributed by atoms with Gasteiger partial charge in [-0.05, 0) is 36.6 Å². The molecule has 0 unspecified atom stereocenters. The van der Waals surface area contributed by atoms with Crippen molar-refractivity contribution in [2.75, 3.05) is 0 Å². The first-order chi connectivity index (χ1) is 10.7. The summed E-state index contributed by atoms with van der Waals surface area (Å²) in [5, 5.41) is 8.10. The molecule has 0 saturated carbocycles. The molecule has 0 spiro atoms. The van der Waals surface area contributed by atoms with Crippen molar-refractivity contribution < 1.29 is 9.15 Å². The number of hydrogen-bond donors (Lipinski definition) is 0. The Balaban J connectivity index is 1.63. The van der Waals surface area contributed by atoms with Crippen molar-refractivity contribution in [1.82, 2.24) is 10.2 Å². The molecule has 0 aliphatic carbocycles. The van der Waals surface area contributed by atoms with Gasteiger partial charge in [0, 0.05) is 0 Å². The minimum Gasteiger partial charge on any atom is -0.484 e. The Kier molecular flexibility index (Phi) is 4.19. The second-order valence-corrected chi connectivity index (χ2v) is 5.24. The summed E-state index contributed by atoms with van der Waals surface area (Å²) in [6.45, 7) is 4.39. The highest BCUT2D eigenvalue weighted by Crippen LogP contribution is 2.21. The minimum atomic E-state index is 0.284. The van der Waals surface area contributed by atoms with Crippen LogP contribution in [-0.2, 0) is 13.0 Å². The Morgan fingerprint density at radius 1 is 0.909 bits per heavy atom. The average Bonchev–Trinajstić information content (AvgIpc) is 2.97. The molecule has 1 aromatic heterocycles. The maximum absolute atomic E-state index is 5.77. The SMILES string of the molecule is Cc1cccc(OCc2nnc(Cc3ccccc3)o2)c1C. The van der Waals surface area contributed by atoms with Gasteiger partial charge in [0.25, 0.3) is 5.89 Å². The van der Waals surface area contributed by atoms with E-state index >= 15 is 0 Å². The number of hydrogen-bond acceptors (Lipinski definition) is 4. The van der Waals surface area contributed by atoms with Gasteiger partial charge in [-0.15, -0.1) is 10.2 Å². The number of aromatic nitrogens is 2. The molecule has 0 bridgehead atoms. The third-order valence-electron chi connectivity index (χ3n) is 3.61. The lowest BCUT2D eigenvalue weighted by Gasteiger charge is -2.08. The quantitative estimate of drug-likeness (QED) is 0.717. The molecule has 4 nitrogen and oxygen atoms in total. The van der Waals surface area contributed by atoms with Gasteiger partial charge in [0.15, 0.2) is 6.61 Å². The summed E-state index contributed by atoms with van der Waals surface area (Å²) in [5.74, 6) is 1.94. The fraction of sp³-hybridized carbons (Fsp3) is 0.222. The van der Waals surface area contributed by atoms with E-state index in [1.165, 1.54) is 5.56 Å². The summed E-state index contributed by atoms with van der Waals surface area (Å²) >= 11 is 0. The smallest absolute Gasteiger partial charge is 0.253 e. The molecule has 0 saturated heterocycles. The highest BCUT2D eigenvalue weighted by atomic mass is 16.5. The molecule has 1 heterocycles. The summed E-state index contributed by atoms with van der Waals surface area (Å²) in [4.78, 5) is 0. The molecule has 0 atom stereocenters. The predicted octanol–water partition coefficient (Wildman–Crippen LogP) is 3.86. The van der Waals surface area contributed by atoms with E-state index in [0.29, 0.717) is 18.2 Å². The topological polar surface area (TPSA) is 48.2 Å². The van der Waals surface area contributed by atoms with Crippen LogP contribution in [0.25, 0.3) is 0 Å². The van der Waals surface area contributed by atoms with E-state index < -0.39 is 0 Å². The lowest BCUT2D eigenvalue weighted by Crippen LogP contribution is -1.98. The Hall–Kier alpha value is -2.62. The molecule has 3 rings (SSSR count).